The van der Waals surface area contributed by atoms with Gasteiger partial charge in [-0.15, -0.1) is 0 Å². The molecule has 8 heteroatoms. The van der Waals surface area contributed by atoms with Gasteiger partial charge in [0.1, 0.15) is 11.4 Å². The number of H-pyrrole nitrogens is 1. The number of aryl methyl sites for hydroxylation is 1. The number of para-hydroxylation sites is 1. The van der Waals surface area contributed by atoms with Crippen molar-refractivity contribution in [1.82, 2.24) is 20.4 Å². The smallest absolute Gasteiger partial charge is 0.274 e. The predicted octanol–water partition coefficient (Wildman–Crippen LogP) is 2.95. The standard InChI is InChI=1S/C24H32N4O4/c1-18-16-20(27-26-18)23(30)28-12-9-24(10-13-28)8-4-5-14-31-15-11-25-22(29)19-6-2-3-7-21(19)32-17-24/h2-3,6-7,16H,4-5,8-15,17H2,1H3,(H,25,29)(H,26,27). The van der Waals surface area contributed by atoms with Gasteiger partial charge in [-0.2, -0.15) is 5.10 Å². The number of nitrogens with zero attached hydrogens (tertiary/aromatic N) is 2. The molecule has 8 nitrogen and oxygen atoms in total. The fourth-order valence-electron chi connectivity index (χ4n) is 4.49. The van der Waals surface area contributed by atoms with Crippen LogP contribution in [-0.2, 0) is 4.74 Å². The van der Waals surface area contributed by atoms with E-state index in [1.54, 1.807) is 12.1 Å². The van der Waals surface area contributed by atoms with Crippen LogP contribution in [0, 0.1) is 12.3 Å². The molecule has 0 saturated carbocycles. The SMILES string of the molecule is Cc1cc(C(=O)N2CCC3(CCCCOCCNC(=O)c4ccccc4OC3)CC2)n[nH]1. The van der Waals surface area contributed by atoms with E-state index in [9.17, 15) is 9.59 Å². The van der Waals surface area contributed by atoms with Crippen molar-refractivity contribution >= 4 is 11.8 Å². The Labute approximate surface area is 188 Å². The van der Waals surface area contributed by atoms with Gasteiger partial charge in [0.2, 0.25) is 0 Å². The number of aromatic nitrogens is 2. The Morgan fingerprint density at radius 3 is 2.72 bits per heavy atom. The van der Waals surface area contributed by atoms with Crippen LogP contribution in [0.1, 0.15) is 58.6 Å². The van der Waals surface area contributed by atoms with Gasteiger partial charge in [-0.05, 0) is 50.8 Å². The number of piperidine rings is 1. The summed E-state index contributed by atoms with van der Waals surface area (Å²) in [6.07, 6.45) is 4.74. The molecule has 0 unspecified atom stereocenters. The minimum absolute atomic E-state index is 0.0265. The number of fused-ring (bicyclic) bond motifs is 1. The number of rotatable bonds is 1. The monoisotopic (exact) mass is 440 g/mol. The van der Waals surface area contributed by atoms with E-state index in [0.29, 0.717) is 56.5 Å². The highest BCUT2D eigenvalue weighted by Crippen LogP contribution is 2.38. The van der Waals surface area contributed by atoms with Crippen molar-refractivity contribution in [3.63, 3.8) is 0 Å². The lowest BCUT2D eigenvalue weighted by molar-refractivity contribution is 0.0337. The second kappa shape index (κ2) is 10.2. The van der Waals surface area contributed by atoms with E-state index in [-0.39, 0.29) is 17.2 Å². The lowest BCUT2D eigenvalue weighted by atomic mass is 9.75. The van der Waals surface area contributed by atoms with E-state index in [1.807, 2.05) is 30.0 Å². The average molecular weight is 441 g/mol. The number of nitrogens with one attached hydrogen (secondary N) is 2. The number of hydrogen-bond donors (Lipinski definition) is 2. The van der Waals surface area contributed by atoms with E-state index in [4.69, 9.17) is 9.47 Å². The maximum atomic E-state index is 12.8. The fraction of sp³-hybridized carbons (Fsp3) is 0.542. The molecule has 172 valence electrons. The molecule has 2 aromatic rings. The number of benzene rings is 1. The molecule has 1 aromatic carbocycles. The predicted molar refractivity (Wildman–Crippen MR) is 120 cm³/mol. The Morgan fingerprint density at radius 1 is 1.12 bits per heavy atom. The van der Waals surface area contributed by atoms with Crippen molar-refractivity contribution in [2.75, 3.05) is 39.5 Å². The largest absolute Gasteiger partial charge is 0.492 e. The Hall–Kier alpha value is -2.87. The van der Waals surface area contributed by atoms with Crippen LogP contribution >= 0.6 is 0 Å². The highest BCUT2D eigenvalue weighted by molar-refractivity contribution is 5.96. The van der Waals surface area contributed by atoms with Crippen LogP contribution in [0.15, 0.2) is 30.3 Å². The zero-order valence-electron chi connectivity index (χ0n) is 18.7. The lowest BCUT2D eigenvalue weighted by Crippen LogP contribution is -2.45. The van der Waals surface area contributed by atoms with Crippen molar-refractivity contribution in [3.8, 4) is 5.75 Å². The van der Waals surface area contributed by atoms with Crippen LogP contribution < -0.4 is 10.1 Å². The number of likely N-dealkylation sites (tertiary alicyclic amines) is 1. The van der Waals surface area contributed by atoms with Crippen LogP contribution in [-0.4, -0.2) is 66.4 Å². The summed E-state index contributed by atoms with van der Waals surface area (Å²) < 4.78 is 11.9. The molecule has 0 aliphatic carbocycles. The van der Waals surface area contributed by atoms with Gasteiger partial charge in [0.15, 0.2) is 0 Å². The van der Waals surface area contributed by atoms with Crippen molar-refractivity contribution < 1.29 is 19.1 Å². The first kappa shape index (κ1) is 22.3. The second-order valence-corrected chi connectivity index (χ2v) is 8.84. The molecular weight excluding hydrogens is 408 g/mol. The summed E-state index contributed by atoms with van der Waals surface area (Å²) >= 11 is 0. The Bertz CT molecular complexity index is 934. The number of ether oxygens (including phenoxy) is 2. The molecule has 1 aromatic heterocycles. The Kier molecular flexibility index (Phi) is 7.09. The van der Waals surface area contributed by atoms with Crippen LogP contribution in [0.25, 0.3) is 0 Å². The third-order valence-electron chi connectivity index (χ3n) is 6.48. The molecular formula is C24H32N4O4. The van der Waals surface area contributed by atoms with E-state index >= 15 is 0 Å². The van der Waals surface area contributed by atoms with Gasteiger partial charge in [-0.1, -0.05) is 18.6 Å². The number of carbonyl (C=O) groups is 2. The van der Waals surface area contributed by atoms with Crippen molar-refractivity contribution in [3.05, 3.63) is 47.3 Å². The van der Waals surface area contributed by atoms with Gasteiger partial charge in [-0.3, -0.25) is 14.7 Å². The molecule has 2 aliphatic heterocycles. The molecule has 3 heterocycles. The number of aromatic amines is 1. The summed E-state index contributed by atoms with van der Waals surface area (Å²) in [6, 6.07) is 9.16. The van der Waals surface area contributed by atoms with Gasteiger partial charge in [0.25, 0.3) is 11.8 Å². The third kappa shape index (κ3) is 5.30. The van der Waals surface area contributed by atoms with E-state index in [1.165, 1.54) is 0 Å². The summed E-state index contributed by atoms with van der Waals surface area (Å²) in [5.74, 6) is 0.430. The number of carbonyl (C=O) groups excluding carboxylic acids is 2. The summed E-state index contributed by atoms with van der Waals surface area (Å²) in [5, 5.41) is 9.87. The van der Waals surface area contributed by atoms with Crippen molar-refractivity contribution in [2.45, 2.75) is 39.0 Å². The molecule has 1 fully saturated rings. The highest BCUT2D eigenvalue weighted by Gasteiger charge is 2.37. The minimum Gasteiger partial charge on any atom is -0.492 e. The van der Waals surface area contributed by atoms with Gasteiger partial charge in [-0.25, -0.2) is 0 Å². The van der Waals surface area contributed by atoms with E-state index in [0.717, 1.165) is 37.8 Å². The van der Waals surface area contributed by atoms with Crippen LogP contribution in [0.5, 0.6) is 5.75 Å². The van der Waals surface area contributed by atoms with Crippen LogP contribution in [0.4, 0.5) is 0 Å². The molecule has 1 saturated heterocycles. The van der Waals surface area contributed by atoms with Gasteiger partial charge in [0.05, 0.1) is 18.8 Å². The normalized spacial score (nSPS) is 20.0. The molecule has 32 heavy (non-hydrogen) atoms. The molecule has 0 radical (unpaired) electrons. The molecule has 1 spiro atoms. The first-order valence-corrected chi connectivity index (χ1v) is 11.5. The molecule has 2 aliphatic rings. The van der Waals surface area contributed by atoms with Gasteiger partial charge >= 0.3 is 0 Å². The fourth-order valence-corrected chi connectivity index (χ4v) is 4.49. The van der Waals surface area contributed by atoms with Crippen LogP contribution in [0.2, 0.25) is 0 Å². The second-order valence-electron chi connectivity index (χ2n) is 8.84. The Balaban J connectivity index is 1.47. The Morgan fingerprint density at radius 2 is 1.94 bits per heavy atom. The summed E-state index contributed by atoms with van der Waals surface area (Å²) in [6.45, 7) is 5.44. The molecule has 2 amide bonds. The lowest BCUT2D eigenvalue weighted by Gasteiger charge is -2.41. The van der Waals surface area contributed by atoms with Crippen molar-refractivity contribution in [2.24, 2.45) is 5.41 Å². The zero-order chi connectivity index (χ0) is 22.4. The topological polar surface area (TPSA) is 96.6 Å². The first-order valence-electron chi connectivity index (χ1n) is 11.5. The summed E-state index contributed by atoms with van der Waals surface area (Å²) in [4.78, 5) is 27.3. The van der Waals surface area contributed by atoms with Crippen molar-refractivity contribution in [1.29, 1.82) is 0 Å². The quantitative estimate of drug-likeness (QED) is 0.711. The average Bonchev–Trinajstić information content (AvgIpc) is 3.25. The maximum absolute atomic E-state index is 12.8. The molecule has 4 rings (SSSR count). The number of hydrogen-bond acceptors (Lipinski definition) is 5. The van der Waals surface area contributed by atoms with E-state index < -0.39 is 0 Å². The summed E-state index contributed by atoms with van der Waals surface area (Å²) in [7, 11) is 0. The third-order valence-corrected chi connectivity index (χ3v) is 6.48. The molecule has 2 N–H and O–H groups in total. The maximum Gasteiger partial charge on any atom is 0.274 e. The molecule has 0 atom stereocenters. The highest BCUT2D eigenvalue weighted by atomic mass is 16.5. The molecule has 0 bridgehead atoms. The van der Waals surface area contributed by atoms with Crippen LogP contribution in [0.3, 0.4) is 0 Å². The minimum atomic E-state index is -0.148. The first-order chi connectivity index (χ1) is 15.6. The van der Waals surface area contributed by atoms with Gasteiger partial charge in [0, 0.05) is 37.4 Å². The summed E-state index contributed by atoms with van der Waals surface area (Å²) in [5.41, 5.74) is 1.86. The zero-order valence-corrected chi connectivity index (χ0v) is 18.7. The van der Waals surface area contributed by atoms with Gasteiger partial charge < -0.3 is 19.7 Å². The van der Waals surface area contributed by atoms with E-state index in [2.05, 4.69) is 15.5 Å². The number of amides is 2.